The van der Waals surface area contributed by atoms with Crippen molar-refractivity contribution in [1.29, 1.82) is 0 Å². The van der Waals surface area contributed by atoms with Crippen molar-refractivity contribution < 1.29 is 9.53 Å². The van der Waals surface area contributed by atoms with Gasteiger partial charge in [-0.15, -0.1) is 6.58 Å². The van der Waals surface area contributed by atoms with Gasteiger partial charge in [0.2, 0.25) is 5.91 Å². The summed E-state index contributed by atoms with van der Waals surface area (Å²) in [6.45, 7) is 11.7. The first kappa shape index (κ1) is 26.5. The minimum Gasteiger partial charge on any atom is -0.490 e. The molecule has 1 amide bonds. The van der Waals surface area contributed by atoms with Gasteiger partial charge in [0.25, 0.3) is 0 Å². The van der Waals surface area contributed by atoms with Gasteiger partial charge < -0.3 is 15.1 Å². The van der Waals surface area contributed by atoms with E-state index in [1.54, 1.807) is 6.08 Å². The monoisotopic (exact) mass is 451 g/mol. The number of hydrogen-bond acceptors (Lipinski definition) is 4. The maximum Gasteiger partial charge on any atom is 0.223 e. The van der Waals surface area contributed by atoms with Gasteiger partial charge in [0.05, 0.1) is 11.8 Å². The summed E-state index contributed by atoms with van der Waals surface area (Å²) in [5.41, 5.74) is 9.81. The molecule has 1 saturated carbocycles. The summed E-state index contributed by atoms with van der Waals surface area (Å²) in [7, 11) is 0. The number of anilines is 1. The van der Waals surface area contributed by atoms with Crippen LogP contribution in [0.25, 0.3) is 0 Å². The highest BCUT2D eigenvalue weighted by atomic mass is 16.5. The molecule has 1 fully saturated rings. The number of amides is 1. The van der Waals surface area contributed by atoms with Crippen LogP contribution in [-0.2, 0) is 17.9 Å². The predicted molar refractivity (Wildman–Crippen MR) is 138 cm³/mol. The third kappa shape index (κ3) is 9.30. The number of nitrogens with one attached hydrogen (secondary N) is 2. The van der Waals surface area contributed by atoms with Gasteiger partial charge in [-0.1, -0.05) is 57.2 Å². The lowest BCUT2D eigenvalue weighted by Gasteiger charge is -2.21. The molecule has 0 radical (unpaired) electrons. The van der Waals surface area contributed by atoms with Gasteiger partial charge in [0, 0.05) is 32.1 Å². The van der Waals surface area contributed by atoms with Crippen LogP contribution >= 0.6 is 0 Å². The summed E-state index contributed by atoms with van der Waals surface area (Å²) in [5, 5.41) is 0. The van der Waals surface area contributed by atoms with Gasteiger partial charge in [-0.3, -0.25) is 4.79 Å². The molecule has 0 saturated heterocycles. The number of carbonyl (C=O) groups excluding carboxylic acids is 1. The molecule has 5 nitrogen and oxygen atoms in total. The first-order valence-electron chi connectivity index (χ1n) is 12.4. The molecule has 0 spiro atoms. The van der Waals surface area contributed by atoms with Crippen molar-refractivity contribution in [3.63, 3.8) is 0 Å². The van der Waals surface area contributed by atoms with E-state index in [0.717, 1.165) is 36.3 Å². The van der Waals surface area contributed by atoms with Crippen LogP contribution in [0.4, 0.5) is 5.69 Å². The molecule has 0 aliphatic heterocycles. The standard InChI is InChI=1S/C26H35N3O2.C2H6/c1-3-8-26(30)29(17-4-2)20-22-15-13-21(14-16-22)19-27-28-23-9-7-12-25(18-23)31-24-10-5-6-11-24;1-2/h4,7,9,12-16,18,24,27-28H,2-3,5-6,8,10-11,17,19-20H2,1H3;1-2H3. The first-order chi connectivity index (χ1) is 16.2. The molecule has 5 heteroatoms. The van der Waals surface area contributed by atoms with Gasteiger partial charge in [0.15, 0.2) is 0 Å². The van der Waals surface area contributed by atoms with E-state index in [-0.39, 0.29) is 5.91 Å². The van der Waals surface area contributed by atoms with Crippen LogP contribution in [0, 0.1) is 0 Å². The Morgan fingerprint density at radius 1 is 1.12 bits per heavy atom. The van der Waals surface area contributed by atoms with Crippen molar-refractivity contribution >= 4 is 11.6 Å². The molecule has 1 aliphatic rings. The normalized spacial score (nSPS) is 13.1. The lowest BCUT2D eigenvalue weighted by atomic mass is 10.1. The summed E-state index contributed by atoms with van der Waals surface area (Å²) in [4.78, 5) is 14.1. The van der Waals surface area contributed by atoms with E-state index in [0.29, 0.717) is 32.2 Å². The van der Waals surface area contributed by atoms with Gasteiger partial charge >= 0.3 is 0 Å². The van der Waals surface area contributed by atoms with E-state index < -0.39 is 0 Å². The zero-order valence-electron chi connectivity index (χ0n) is 20.6. The minimum atomic E-state index is 0.177. The molecule has 2 N–H and O–H groups in total. The van der Waals surface area contributed by atoms with Crippen LogP contribution in [0.3, 0.4) is 0 Å². The molecule has 2 aromatic carbocycles. The highest BCUT2D eigenvalue weighted by Gasteiger charge is 2.16. The molecule has 2 aromatic rings. The van der Waals surface area contributed by atoms with Crippen molar-refractivity contribution in [1.82, 2.24) is 10.3 Å². The molecule has 0 heterocycles. The van der Waals surface area contributed by atoms with E-state index in [9.17, 15) is 4.79 Å². The highest BCUT2D eigenvalue weighted by Crippen LogP contribution is 2.25. The van der Waals surface area contributed by atoms with E-state index in [2.05, 4.69) is 41.7 Å². The van der Waals surface area contributed by atoms with Crippen LogP contribution in [-0.4, -0.2) is 23.5 Å². The Bertz CT molecular complexity index is 829. The molecular weight excluding hydrogens is 410 g/mol. The number of nitrogens with zero attached hydrogens (tertiary/aromatic N) is 1. The maximum atomic E-state index is 12.3. The smallest absolute Gasteiger partial charge is 0.223 e. The van der Waals surface area contributed by atoms with Crippen molar-refractivity contribution in [3.05, 3.63) is 72.3 Å². The summed E-state index contributed by atoms with van der Waals surface area (Å²) in [5.74, 6) is 1.10. The lowest BCUT2D eigenvalue weighted by molar-refractivity contribution is -0.131. The number of hydrogen-bond donors (Lipinski definition) is 2. The molecular formula is C28H41N3O2. The predicted octanol–water partition coefficient (Wildman–Crippen LogP) is 6.47. The van der Waals surface area contributed by atoms with Crippen molar-refractivity contribution in [2.24, 2.45) is 0 Å². The highest BCUT2D eigenvalue weighted by molar-refractivity contribution is 5.76. The molecule has 3 rings (SSSR count). The molecule has 0 unspecified atom stereocenters. The first-order valence-corrected chi connectivity index (χ1v) is 12.4. The molecule has 0 aromatic heterocycles. The third-order valence-corrected chi connectivity index (χ3v) is 5.53. The van der Waals surface area contributed by atoms with Crippen LogP contribution in [0.5, 0.6) is 5.75 Å². The molecule has 0 bridgehead atoms. The van der Waals surface area contributed by atoms with Crippen LogP contribution in [0.1, 0.15) is 70.4 Å². The zero-order chi connectivity index (χ0) is 23.9. The number of benzene rings is 2. The summed E-state index contributed by atoms with van der Waals surface area (Å²) in [6, 6.07) is 16.5. The van der Waals surface area contributed by atoms with Crippen molar-refractivity contribution in [3.8, 4) is 5.75 Å². The van der Waals surface area contributed by atoms with Crippen LogP contribution in [0.2, 0.25) is 0 Å². The van der Waals surface area contributed by atoms with Crippen LogP contribution < -0.4 is 15.6 Å². The van der Waals surface area contributed by atoms with Crippen LogP contribution in [0.15, 0.2) is 61.2 Å². The average molecular weight is 452 g/mol. The Labute approximate surface area is 200 Å². The van der Waals surface area contributed by atoms with Gasteiger partial charge in [0.1, 0.15) is 5.75 Å². The second kappa shape index (κ2) is 15.1. The molecule has 180 valence electrons. The SMILES string of the molecule is C=CCN(Cc1ccc(CNNc2cccc(OC3CCCC3)c2)cc1)C(=O)CCC.CC. The number of carbonyl (C=O) groups is 1. The second-order valence-corrected chi connectivity index (χ2v) is 8.16. The molecule has 0 atom stereocenters. The number of rotatable bonds is 12. The fourth-order valence-electron chi connectivity index (χ4n) is 3.86. The molecule has 1 aliphatic carbocycles. The Balaban J connectivity index is 0.00000187. The Morgan fingerprint density at radius 3 is 2.48 bits per heavy atom. The largest absolute Gasteiger partial charge is 0.490 e. The van der Waals surface area contributed by atoms with Crippen molar-refractivity contribution in [2.75, 3.05) is 12.0 Å². The average Bonchev–Trinajstić information content (AvgIpc) is 3.35. The van der Waals surface area contributed by atoms with Gasteiger partial charge in [-0.25, -0.2) is 5.43 Å². The van der Waals surface area contributed by atoms with E-state index in [4.69, 9.17) is 4.74 Å². The quantitative estimate of drug-likeness (QED) is 0.287. The Morgan fingerprint density at radius 2 is 1.82 bits per heavy atom. The van der Waals surface area contributed by atoms with E-state index in [1.807, 2.05) is 49.9 Å². The lowest BCUT2D eigenvalue weighted by Crippen LogP contribution is -2.30. The van der Waals surface area contributed by atoms with Gasteiger partial charge in [-0.2, -0.15) is 0 Å². The fourth-order valence-corrected chi connectivity index (χ4v) is 3.86. The number of hydrazine groups is 1. The zero-order valence-corrected chi connectivity index (χ0v) is 20.6. The third-order valence-electron chi connectivity index (χ3n) is 5.53. The minimum absolute atomic E-state index is 0.177. The fraction of sp³-hybridized carbons (Fsp3) is 0.464. The summed E-state index contributed by atoms with van der Waals surface area (Å²) < 4.78 is 6.07. The molecule has 33 heavy (non-hydrogen) atoms. The van der Waals surface area contributed by atoms with E-state index in [1.165, 1.54) is 18.4 Å². The second-order valence-electron chi connectivity index (χ2n) is 8.16. The maximum absolute atomic E-state index is 12.3. The number of ether oxygens (including phenoxy) is 1. The Kier molecular flexibility index (Phi) is 12.1. The summed E-state index contributed by atoms with van der Waals surface area (Å²) in [6.07, 6.45) is 8.43. The van der Waals surface area contributed by atoms with Gasteiger partial charge in [-0.05, 0) is 55.4 Å². The van der Waals surface area contributed by atoms with Crippen molar-refractivity contribution in [2.45, 2.75) is 78.5 Å². The summed E-state index contributed by atoms with van der Waals surface area (Å²) >= 11 is 0. The topological polar surface area (TPSA) is 53.6 Å². The van der Waals surface area contributed by atoms with E-state index >= 15 is 0 Å². The Hall–Kier alpha value is -2.79.